The lowest BCUT2D eigenvalue weighted by Crippen LogP contribution is -2.46. The van der Waals surface area contributed by atoms with Gasteiger partial charge >= 0.3 is 5.97 Å². The maximum absolute atomic E-state index is 13.2. The number of rotatable bonds is 15. The van der Waals surface area contributed by atoms with Crippen molar-refractivity contribution in [1.29, 1.82) is 0 Å². The molecule has 2 aromatic carbocycles. The van der Waals surface area contributed by atoms with Gasteiger partial charge < -0.3 is 34.1 Å². The van der Waals surface area contributed by atoms with Gasteiger partial charge in [0.1, 0.15) is 29.7 Å². The Bertz CT molecular complexity index is 1340. The number of benzene rings is 2. The first kappa shape index (κ1) is 34.2. The Kier molecular flexibility index (Phi) is 12.4. The predicted octanol–water partition coefficient (Wildman–Crippen LogP) is 5.37. The van der Waals surface area contributed by atoms with Crippen LogP contribution in [-0.4, -0.2) is 66.6 Å². The van der Waals surface area contributed by atoms with E-state index in [2.05, 4.69) is 10.3 Å². The van der Waals surface area contributed by atoms with Gasteiger partial charge in [-0.25, -0.2) is 9.78 Å². The molecule has 0 aliphatic rings. The minimum atomic E-state index is -1.04. The molecule has 4 atom stereocenters. The smallest absolute Gasteiger partial charge is 0.328 e. The number of carbonyl (C=O) groups excluding carboxylic acids is 2. The number of methoxy groups -OCH3 is 2. The fourth-order valence-corrected chi connectivity index (χ4v) is 4.64. The molecule has 10 heteroatoms. The predicted molar refractivity (Wildman–Crippen MR) is 166 cm³/mol. The highest BCUT2D eigenvalue weighted by molar-refractivity contribution is 5.97. The highest BCUT2D eigenvalue weighted by atomic mass is 16.6. The second kappa shape index (κ2) is 16.0. The second-order valence-electron chi connectivity index (χ2n) is 11.5. The number of hydrogen-bond acceptors (Lipinski definition) is 9. The van der Waals surface area contributed by atoms with Crippen molar-refractivity contribution in [3.63, 3.8) is 0 Å². The van der Waals surface area contributed by atoms with E-state index in [1.807, 2.05) is 75.4 Å². The summed E-state index contributed by atoms with van der Waals surface area (Å²) in [6.45, 7) is 9.77. The van der Waals surface area contributed by atoms with Crippen molar-refractivity contribution < 1.29 is 38.4 Å². The Hall–Kier alpha value is -4.31. The normalized spacial score (nSPS) is 14.1. The molecular weight excluding hydrogens is 564 g/mol. The average Bonchev–Trinajstić information content (AvgIpc) is 2.99. The molecule has 3 aromatic rings. The maximum Gasteiger partial charge on any atom is 0.328 e. The fourth-order valence-electron chi connectivity index (χ4n) is 4.64. The molecule has 0 bridgehead atoms. The third kappa shape index (κ3) is 10.2. The summed E-state index contributed by atoms with van der Waals surface area (Å²) < 4.78 is 28.9. The van der Waals surface area contributed by atoms with Crippen molar-refractivity contribution in [1.82, 2.24) is 10.3 Å². The van der Waals surface area contributed by atoms with Gasteiger partial charge in [0.25, 0.3) is 5.91 Å². The van der Waals surface area contributed by atoms with Gasteiger partial charge in [-0.1, -0.05) is 30.3 Å². The first-order chi connectivity index (χ1) is 20.9. The summed E-state index contributed by atoms with van der Waals surface area (Å²) in [5.74, 6) is -0.454. The summed E-state index contributed by atoms with van der Waals surface area (Å²) in [6, 6.07) is 17.6. The van der Waals surface area contributed by atoms with Crippen LogP contribution in [0.4, 0.5) is 0 Å². The number of ether oxygens (including phenoxy) is 5. The van der Waals surface area contributed by atoms with Crippen LogP contribution >= 0.6 is 0 Å². The quantitative estimate of drug-likeness (QED) is 0.219. The first-order valence-electron chi connectivity index (χ1n) is 14.6. The molecule has 0 saturated carbocycles. The summed E-state index contributed by atoms with van der Waals surface area (Å²) in [4.78, 5) is 30.0. The fraction of sp³-hybridized carbons (Fsp3) is 0.441. The third-order valence-corrected chi connectivity index (χ3v) is 6.95. The van der Waals surface area contributed by atoms with Crippen LogP contribution < -0.4 is 19.5 Å². The van der Waals surface area contributed by atoms with Crippen molar-refractivity contribution in [3.8, 4) is 23.0 Å². The molecule has 0 aliphatic carbocycles. The lowest BCUT2D eigenvalue weighted by Gasteiger charge is -2.33. The number of hydrogen-bond donors (Lipinski definition) is 2. The van der Waals surface area contributed by atoms with Gasteiger partial charge in [-0.05, 0) is 77.3 Å². The summed E-state index contributed by atoms with van der Waals surface area (Å²) >= 11 is 0. The van der Waals surface area contributed by atoms with Gasteiger partial charge in [-0.15, -0.1) is 0 Å². The molecule has 3 rings (SSSR count). The van der Waals surface area contributed by atoms with Crippen LogP contribution in [0, 0.1) is 5.92 Å². The molecular formula is C34H44N2O8. The third-order valence-electron chi connectivity index (χ3n) is 6.95. The first-order valence-corrected chi connectivity index (χ1v) is 14.6. The Labute approximate surface area is 259 Å². The van der Waals surface area contributed by atoms with E-state index in [4.69, 9.17) is 23.7 Å². The molecule has 0 spiro atoms. The minimum absolute atomic E-state index is 0.0910. The average molecular weight is 609 g/mol. The standard InChI is InChI=1S/C34H44N2O8/c1-22(36-32(38)29-30(37)28(41-7)17-19-35-29)33(39)43-23(2)31(44-27-11-9-8-10-12-27)25(18-20-42-34(3,4)5)21-24-13-15-26(40-6)16-14-24/h8-17,19,22-23,25,31,37H,18,20-21H2,1-7H3,(H,36,38)/t22-,23-,25+,31-/m0/s1. The molecule has 0 fully saturated rings. The zero-order chi connectivity index (χ0) is 32.3. The molecule has 2 N–H and O–H groups in total. The lowest BCUT2D eigenvalue weighted by molar-refractivity contribution is -0.156. The van der Waals surface area contributed by atoms with Crippen molar-refractivity contribution >= 4 is 11.9 Å². The largest absolute Gasteiger partial charge is 0.503 e. The number of aromatic hydroxyl groups is 1. The molecule has 1 amide bonds. The Morgan fingerprint density at radius 3 is 2.23 bits per heavy atom. The van der Waals surface area contributed by atoms with Crippen LogP contribution in [0.25, 0.3) is 0 Å². The molecule has 238 valence electrons. The second-order valence-corrected chi connectivity index (χ2v) is 11.5. The number of nitrogens with zero attached hydrogens (tertiary/aromatic N) is 1. The van der Waals surface area contributed by atoms with Crippen LogP contribution in [0.2, 0.25) is 0 Å². The van der Waals surface area contributed by atoms with Gasteiger partial charge in [0.05, 0.1) is 19.8 Å². The summed E-state index contributed by atoms with van der Waals surface area (Å²) in [5, 5.41) is 12.9. The van der Waals surface area contributed by atoms with Gasteiger partial charge in [0.2, 0.25) is 0 Å². The van der Waals surface area contributed by atoms with E-state index < -0.39 is 35.9 Å². The van der Waals surface area contributed by atoms with Crippen LogP contribution in [-0.2, 0) is 20.7 Å². The number of esters is 1. The summed E-state index contributed by atoms with van der Waals surface area (Å²) in [5.41, 5.74) is 0.483. The topological polar surface area (TPSA) is 125 Å². The number of aromatic nitrogens is 1. The van der Waals surface area contributed by atoms with E-state index in [1.165, 1.54) is 26.3 Å². The van der Waals surface area contributed by atoms with Crippen LogP contribution in [0.15, 0.2) is 66.9 Å². The van der Waals surface area contributed by atoms with E-state index in [-0.39, 0.29) is 23.0 Å². The van der Waals surface area contributed by atoms with Crippen molar-refractivity contribution in [2.45, 2.75) is 71.3 Å². The van der Waals surface area contributed by atoms with Gasteiger partial charge in [-0.2, -0.15) is 0 Å². The van der Waals surface area contributed by atoms with Crippen molar-refractivity contribution in [2.24, 2.45) is 5.92 Å². The minimum Gasteiger partial charge on any atom is -0.503 e. The van der Waals surface area contributed by atoms with Gasteiger partial charge in [0, 0.05) is 24.8 Å². The molecule has 10 nitrogen and oxygen atoms in total. The molecule has 44 heavy (non-hydrogen) atoms. The number of amides is 1. The molecule has 0 aliphatic heterocycles. The summed E-state index contributed by atoms with van der Waals surface area (Å²) in [6.07, 6.45) is 1.33. The highest BCUT2D eigenvalue weighted by Gasteiger charge is 2.34. The highest BCUT2D eigenvalue weighted by Crippen LogP contribution is 2.29. The van der Waals surface area contributed by atoms with E-state index in [1.54, 1.807) is 14.0 Å². The SMILES string of the molecule is COc1ccc(C[C@@H](CCOC(C)(C)C)[C@@H](Oc2ccccc2)[C@H](C)OC(=O)[C@H](C)NC(=O)c2nccc(OC)c2O)cc1. The van der Waals surface area contributed by atoms with E-state index in [0.29, 0.717) is 25.2 Å². The molecule has 0 radical (unpaired) electrons. The van der Waals surface area contributed by atoms with E-state index in [0.717, 1.165) is 11.3 Å². The molecule has 1 aromatic heterocycles. The number of nitrogens with one attached hydrogen (secondary N) is 1. The Morgan fingerprint density at radius 1 is 0.932 bits per heavy atom. The Balaban J connectivity index is 1.82. The van der Waals surface area contributed by atoms with E-state index >= 15 is 0 Å². The van der Waals surface area contributed by atoms with Crippen LogP contribution in [0.3, 0.4) is 0 Å². The lowest BCUT2D eigenvalue weighted by atomic mass is 9.88. The molecule has 0 saturated heterocycles. The van der Waals surface area contributed by atoms with E-state index in [9.17, 15) is 14.7 Å². The number of carbonyl (C=O) groups is 2. The molecule has 0 unspecified atom stereocenters. The maximum atomic E-state index is 13.2. The zero-order valence-corrected chi connectivity index (χ0v) is 26.5. The number of pyridine rings is 1. The van der Waals surface area contributed by atoms with Crippen LogP contribution in [0.5, 0.6) is 23.0 Å². The summed E-state index contributed by atoms with van der Waals surface area (Å²) in [7, 11) is 2.99. The van der Waals surface area contributed by atoms with Crippen LogP contribution in [0.1, 0.15) is 57.1 Å². The number of para-hydroxylation sites is 1. The monoisotopic (exact) mass is 608 g/mol. The molecule has 1 heterocycles. The van der Waals surface area contributed by atoms with Gasteiger partial charge in [-0.3, -0.25) is 4.79 Å². The Morgan fingerprint density at radius 2 is 1.61 bits per heavy atom. The van der Waals surface area contributed by atoms with Gasteiger partial charge in [0.15, 0.2) is 17.2 Å². The van der Waals surface area contributed by atoms with Crippen molar-refractivity contribution in [2.75, 3.05) is 20.8 Å². The van der Waals surface area contributed by atoms with Crippen molar-refractivity contribution in [3.05, 3.63) is 78.1 Å². The zero-order valence-electron chi connectivity index (χ0n) is 26.5.